The molecule has 1 aliphatic heterocycles. The van der Waals surface area contributed by atoms with Gasteiger partial charge in [0.1, 0.15) is 0 Å². The highest BCUT2D eigenvalue weighted by Crippen LogP contribution is 2.60. The first-order valence-electron chi connectivity index (χ1n) is 13.8. The maximum Gasteiger partial charge on any atom is 0.182 e. The first-order valence-corrected chi connectivity index (χ1v) is 13.8. The standard InChI is InChI=1S/C29H38F2N4/c1-17-25(15-34(2)33-17)24-3-4-26(28(31)27(24)30)32-23-8-21-13-35(14-22(21)9-23)16-29-10-18-5-19(11-29)7-20(6-18)12-29/h3-4,15,18-23,32H,5-14,16H2,1-2H3/t18?,19?,20?,21-,22+,23-,29?. The van der Waals surface area contributed by atoms with Gasteiger partial charge in [0.2, 0.25) is 0 Å². The Bertz CT molecular complexity index is 1090. The van der Waals surface area contributed by atoms with Crippen LogP contribution >= 0.6 is 0 Å². The van der Waals surface area contributed by atoms with Crippen molar-refractivity contribution >= 4 is 5.69 Å². The first kappa shape index (κ1) is 22.3. The maximum absolute atomic E-state index is 15.0. The van der Waals surface area contributed by atoms with Crippen molar-refractivity contribution in [2.24, 2.45) is 42.1 Å². The van der Waals surface area contributed by atoms with Gasteiger partial charge in [-0.3, -0.25) is 4.68 Å². The lowest BCUT2D eigenvalue weighted by molar-refractivity contribution is -0.0672. The van der Waals surface area contributed by atoms with Crippen LogP contribution in [0.25, 0.3) is 11.1 Å². The topological polar surface area (TPSA) is 33.1 Å². The van der Waals surface area contributed by atoms with E-state index < -0.39 is 11.6 Å². The lowest BCUT2D eigenvalue weighted by atomic mass is 9.49. The molecule has 6 fully saturated rings. The van der Waals surface area contributed by atoms with E-state index in [9.17, 15) is 4.39 Å². The number of aromatic nitrogens is 2. The third-order valence-corrected chi connectivity index (χ3v) is 10.3. The molecule has 1 saturated heterocycles. The first-order chi connectivity index (χ1) is 16.8. The number of likely N-dealkylation sites (tertiary alicyclic amines) is 1. The van der Waals surface area contributed by atoms with Crippen molar-refractivity contribution in [1.29, 1.82) is 0 Å². The molecule has 0 unspecified atom stereocenters. The molecule has 4 bridgehead atoms. The Hall–Kier alpha value is -1.95. The van der Waals surface area contributed by atoms with Gasteiger partial charge in [0.25, 0.3) is 0 Å². The van der Waals surface area contributed by atoms with Crippen LogP contribution in [0.15, 0.2) is 18.3 Å². The number of anilines is 1. The number of benzene rings is 1. The van der Waals surface area contributed by atoms with Crippen molar-refractivity contribution in [1.82, 2.24) is 14.7 Å². The Balaban J connectivity index is 0.988. The molecule has 1 aromatic heterocycles. The fourth-order valence-corrected chi connectivity index (χ4v) is 9.55. The fourth-order valence-electron chi connectivity index (χ4n) is 9.55. The van der Waals surface area contributed by atoms with Gasteiger partial charge < -0.3 is 10.2 Å². The molecule has 2 aromatic rings. The summed E-state index contributed by atoms with van der Waals surface area (Å²) in [5.74, 6) is 2.86. The van der Waals surface area contributed by atoms with E-state index >= 15 is 4.39 Å². The summed E-state index contributed by atoms with van der Waals surface area (Å²) in [5.41, 5.74) is 2.53. The number of fused-ring (bicyclic) bond motifs is 1. The van der Waals surface area contributed by atoms with Crippen LogP contribution in [-0.4, -0.2) is 40.4 Å². The summed E-state index contributed by atoms with van der Waals surface area (Å²) in [7, 11) is 1.79. The summed E-state index contributed by atoms with van der Waals surface area (Å²) in [6, 6.07) is 3.62. The zero-order valence-corrected chi connectivity index (χ0v) is 21.1. The molecule has 1 aromatic carbocycles. The highest BCUT2D eigenvalue weighted by atomic mass is 19.2. The number of aryl methyl sites for hydroxylation is 2. The van der Waals surface area contributed by atoms with Crippen molar-refractivity contribution in [3.05, 3.63) is 35.7 Å². The van der Waals surface area contributed by atoms with Gasteiger partial charge >= 0.3 is 0 Å². The van der Waals surface area contributed by atoms with E-state index in [0.29, 0.717) is 34.2 Å². The quantitative estimate of drug-likeness (QED) is 0.569. The summed E-state index contributed by atoms with van der Waals surface area (Å²) in [6.45, 7) is 5.53. The maximum atomic E-state index is 15.0. The lowest BCUT2D eigenvalue weighted by Gasteiger charge is -2.57. The normalized spacial score (nSPS) is 37.8. The van der Waals surface area contributed by atoms with E-state index in [0.717, 1.165) is 30.6 Å². The van der Waals surface area contributed by atoms with Crippen molar-refractivity contribution in [2.45, 2.75) is 64.3 Å². The van der Waals surface area contributed by atoms with E-state index in [1.807, 2.05) is 6.92 Å². The number of nitrogens with zero attached hydrogens (tertiary/aromatic N) is 3. The minimum absolute atomic E-state index is 0.228. The van der Waals surface area contributed by atoms with Gasteiger partial charge in [0.15, 0.2) is 11.6 Å². The summed E-state index contributed by atoms with van der Waals surface area (Å²) < 4.78 is 31.7. The monoisotopic (exact) mass is 480 g/mol. The molecule has 5 saturated carbocycles. The van der Waals surface area contributed by atoms with Crippen molar-refractivity contribution in [2.75, 3.05) is 25.0 Å². The minimum Gasteiger partial charge on any atom is -0.380 e. The van der Waals surface area contributed by atoms with Crippen LogP contribution in [0.2, 0.25) is 0 Å². The van der Waals surface area contributed by atoms with Crippen LogP contribution in [-0.2, 0) is 7.05 Å². The molecule has 0 radical (unpaired) electrons. The third-order valence-electron chi connectivity index (χ3n) is 10.3. The molecule has 0 amide bonds. The predicted octanol–water partition coefficient (Wildman–Crippen LogP) is 6.01. The Morgan fingerprint density at radius 3 is 2.11 bits per heavy atom. The van der Waals surface area contributed by atoms with Crippen molar-refractivity contribution in [3.8, 4) is 11.1 Å². The highest BCUT2D eigenvalue weighted by molar-refractivity contribution is 5.68. The van der Waals surface area contributed by atoms with Crippen molar-refractivity contribution < 1.29 is 8.78 Å². The fraction of sp³-hybridized carbons (Fsp3) is 0.690. The molecule has 2 heterocycles. The SMILES string of the molecule is Cc1nn(C)cc1-c1ccc(N[C@@H]2C[C@@H]3CN(CC45CC6CC(CC(C6)C4)C5)C[C@@H]3C2)c(F)c1F. The predicted molar refractivity (Wildman–Crippen MR) is 134 cm³/mol. The summed E-state index contributed by atoms with van der Waals surface area (Å²) >= 11 is 0. The van der Waals surface area contributed by atoms with Crippen LogP contribution in [0, 0.1) is 53.6 Å². The summed E-state index contributed by atoms with van der Waals surface area (Å²) in [4.78, 5) is 2.78. The van der Waals surface area contributed by atoms with Crippen molar-refractivity contribution in [3.63, 3.8) is 0 Å². The molecule has 5 aliphatic carbocycles. The molecule has 188 valence electrons. The Labute approximate surface area is 207 Å². The van der Waals surface area contributed by atoms with Crippen LogP contribution in [0.5, 0.6) is 0 Å². The number of halogens is 2. The van der Waals surface area contributed by atoms with Gasteiger partial charge in [-0.2, -0.15) is 5.10 Å². The molecular formula is C29H38F2N4. The minimum atomic E-state index is -0.786. The molecule has 6 heteroatoms. The number of nitrogens with one attached hydrogen (secondary N) is 1. The largest absolute Gasteiger partial charge is 0.380 e. The van der Waals surface area contributed by atoms with E-state index in [1.54, 1.807) is 30.1 Å². The number of hydrogen-bond donors (Lipinski definition) is 1. The lowest BCUT2D eigenvalue weighted by Crippen LogP contribution is -2.51. The molecule has 3 atom stereocenters. The summed E-state index contributed by atoms with van der Waals surface area (Å²) in [6.07, 6.45) is 12.8. The Morgan fingerprint density at radius 2 is 1.54 bits per heavy atom. The van der Waals surface area contributed by atoms with Crippen LogP contribution in [0.4, 0.5) is 14.5 Å². The second-order valence-electron chi connectivity index (χ2n) is 13.0. The van der Waals surface area contributed by atoms with E-state index in [-0.39, 0.29) is 11.6 Å². The van der Waals surface area contributed by atoms with Gasteiger partial charge in [-0.15, -0.1) is 0 Å². The van der Waals surface area contributed by atoms with Gasteiger partial charge in [0.05, 0.1) is 11.4 Å². The molecule has 1 N–H and O–H groups in total. The number of hydrogen-bond acceptors (Lipinski definition) is 3. The summed E-state index contributed by atoms with van der Waals surface area (Å²) in [5, 5.41) is 7.63. The average molecular weight is 481 g/mol. The van der Waals surface area contributed by atoms with Gasteiger partial charge in [-0.1, -0.05) is 0 Å². The second-order valence-corrected chi connectivity index (χ2v) is 13.0. The van der Waals surface area contributed by atoms with Crippen LogP contribution in [0.1, 0.15) is 57.1 Å². The molecule has 35 heavy (non-hydrogen) atoms. The Kier molecular flexibility index (Phi) is 5.10. The highest BCUT2D eigenvalue weighted by Gasteiger charge is 2.52. The molecule has 6 aliphatic rings. The number of rotatable bonds is 5. The van der Waals surface area contributed by atoms with Gasteiger partial charge in [0, 0.05) is 50.0 Å². The van der Waals surface area contributed by atoms with Crippen LogP contribution in [0.3, 0.4) is 0 Å². The molecular weight excluding hydrogens is 442 g/mol. The zero-order chi connectivity index (χ0) is 23.9. The molecule has 0 spiro atoms. The van der Waals surface area contributed by atoms with Gasteiger partial charge in [-0.25, -0.2) is 8.78 Å². The zero-order valence-electron chi connectivity index (χ0n) is 21.1. The smallest absolute Gasteiger partial charge is 0.182 e. The average Bonchev–Trinajstić information content (AvgIpc) is 3.42. The Morgan fingerprint density at radius 1 is 0.914 bits per heavy atom. The molecule has 8 rings (SSSR count). The van der Waals surface area contributed by atoms with E-state index in [1.165, 1.54) is 58.2 Å². The van der Waals surface area contributed by atoms with Gasteiger partial charge in [-0.05, 0) is 105 Å². The van der Waals surface area contributed by atoms with E-state index in [4.69, 9.17) is 0 Å². The third kappa shape index (κ3) is 3.82. The molecule has 4 nitrogen and oxygen atoms in total. The van der Waals surface area contributed by atoms with Crippen LogP contribution < -0.4 is 5.32 Å². The second kappa shape index (κ2) is 8.03. The van der Waals surface area contributed by atoms with E-state index in [2.05, 4.69) is 15.3 Å².